The number of likely N-dealkylation sites (tertiary alicyclic amines) is 1. The Kier molecular flexibility index (Phi) is 3.53. The number of carbonyl (C=O) groups is 1. The molecular formula is C9H18N2O. The molecule has 0 bridgehead atoms. The van der Waals surface area contributed by atoms with Crippen molar-refractivity contribution in [3.63, 3.8) is 0 Å². The molecule has 0 unspecified atom stereocenters. The van der Waals surface area contributed by atoms with Gasteiger partial charge in [-0.15, -0.1) is 0 Å². The van der Waals surface area contributed by atoms with E-state index >= 15 is 0 Å². The number of rotatable bonds is 3. The summed E-state index contributed by atoms with van der Waals surface area (Å²) in [5, 5.41) is 0. The molecule has 0 aliphatic carbocycles. The van der Waals surface area contributed by atoms with E-state index in [0.717, 1.165) is 19.5 Å². The molecule has 1 atom stereocenters. The zero-order chi connectivity index (χ0) is 8.97. The first-order valence-corrected chi connectivity index (χ1v) is 4.79. The fourth-order valence-electron chi connectivity index (χ4n) is 1.87. The van der Waals surface area contributed by atoms with Crippen LogP contribution in [0, 0.1) is 0 Å². The highest BCUT2D eigenvalue weighted by molar-refractivity contribution is 5.79. The molecule has 0 spiro atoms. The van der Waals surface area contributed by atoms with Crippen molar-refractivity contribution >= 4 is 5.91 Å². The van der Waals surface area contributed by atoms with Crippen LogP contribution in [0.4, 0.5) is 0 Å². The molecule has 1 aliphatic heterocycles. The average molecular weight is 170 g/mol. The Bertz CT molecular complexity index is 153. The van der Waals surface area contributed by atoms with E-state index in [1.54, 1.807) is 0 Å². The number of hydrogen-bond acceptors (Lipinski definition) is 2. The maximum Gasteiger partial charge on any atom is 0.234 e. The van der Waals surface area contributed by atoms with Gasteiger partial charge in [0.25, 0.3) is 0 Å². The molecule has 1 heterocycles. The van der Waals surface area contributed by atoms with Gasteiger partial charge in [-0.1, -0.05) is 13.3 Å². The Morgan fingerprint density at radius 3 is 2.42 bits per heavy atom. The zero-order valence-electron chi connectivity index (χ0n) is 7.75. The highest BCUT2D eigenvalue weighted by Gasteiger charge is 2.22. The molecule has 0 radical (unpaired) electrons. The van der Waals surface area contributed by atoms with Crippen LogP contribution in [0.3, 0.4) is 0 Å². The van der Waals surface area contributed by atoms with Gasteiger partial charge in [-0.05, 0) is 32.4 Å². The van der Waals surface area contributed by atoms with Crippen molar-refractivity contribution in [1.29, 1.82) is 0 Å². The lowest BCUT2D eigenvalue weighted by Crippen LogP contribution is -2.46. The molecule has 1 rings (SSSR count). The molecule has 0 saturated carbocycles. The first-order chi connectivity index (χ1) is 5.75. The van der Waals surface area contributed by atoms with E-state index in [9.17, 15) is 4.79 Å². The number of primary amides is 1. The topological polar surface area (TPSA) is 46.3 Å². The molecule has 0 aromatic rings. The maximum absolute atomic E-state index is 11.0. The largest absolute Gasteiger partial charge is 0.368 e. The molecule has 70 valence electrons. The smallest absolute Gasteiger partial charge is 0.234 e. The van der Waals surface area contributed by atoms with Crippen molar-refractivity contribution < 1.29 is 4.79 Å². The predicted molar refractivity (Wildman–Crippen MR) is 48.7 cm³/mol. The van der Waals surface area contributed by atoms with Crippen LogP contribution < -0.4 is 5.73 Å². The van der Waals surface area contributed by atoms with Gasteiger partial charge in [0.15, 0.2) is 0 Å². The minimum atomic E-state index is -0.167. The van der Waals surface area contributed by atoms with Crippen molar-refractivity contribution in [2.75, 3.05) is 13.1 Å². The van der Waals surface area contributed by atoms with Gasteiger partial charge < -0.3 is 5.73 Å². The number of amides is 1. The van der Waals surface area contributed by atoms with Crippen molar-refractivity contribution in [1.82, 2.24) is 4.90 Å². The molecule has 3 heteroatoms. The lowest BCUT2D eigenvalue weighted by molar-refractivity contribution is -0.123. The van der Waals surface area contributed by atoms with Gasteiger partial charge in [-0.2, -0.15) is 0 Å². The van der Waals surface area contributed by atoms with Crippen molar-refractivity contribution in [2.24, 2.45) is 5.73 Å². The van der Waals surface area contributed by atoms with Gasteiger partial charge in [-0.25, -0.2) is 0 Å². The Hall–Kier alpha value is -0.570. The Morgan fingerprint density at radius 1 is 1.42 bits per heavy atom. The second-order valence-corrected chi connectivity index (χ2v) is 3.42. The Morgan fingerprint density at radius 2 is 2.00 bits per heavy atom. The molecule has 1 fully saturated rings. The third-order valence-corrected chi connectivity index (χ3v) is 2.55. The molecule has 12 heavy (non-hydrogen) atoms. The van der Waals surface area contributed by atoms with E-state index in [1.165, 1.54) is 19.3 Å². The number of piperidine rings is 1. The predicted octanol–water partition coefficient (Wildman–Crippen LogP) is 0.736. The Balaban J connectivity index is 2.46. The van der Waals surface area contributed by atoms with Gasteiger partial charge in [0, 0.05) is 0 Å². The van der Waals surface area contributed by atoms with Crippen LogP contribution in [-0.2, 0) is 4.79 Å². The summed E-state index contributed by atoms with van der Waals surface area (Å²) in [5.74, 6) is -0.167. The van der Waals surface area contributed by atoms with Gasteiger partial charge in [-0.3, -0.25) is 9.69 Å². The number of carbonyl (C=O) groups excluding carboxylic acids is 1. The molecule has 0 aromatic carbocycles. The van der Waals surface area contributed by atoms with Gasteiger partial charge in [0.05, 0.1) is 6.04 Å². The summed E-state index contributed by atoms with van der Waals surface area (Å²) >= 11 is 0. The van der Waals surface area contributed by atoms with E-state index in [1.807, 2.05) is 6.92 Å². The summed E-state index contributed by atoms with van der Waals surface area (Å²) in [6, 6.07) is -0.0229. The third-order valence-electron chi connectivity index (χ3n) is 2.55. The summed E-state index contributed by atoms with van der Waals surface area (Å²) < 4.78 is 0. The normalized spacial score (nSPS) is 22.1. The Labute approximate surface area is 73.9 Å². The van der Waals surface area contributed by atoms with Gasteiger partial charge >= 0.3 is 0 Å². The van der Waals surface area contributed by atoms with Crippen LogP contribution in [0.5, 0.6) is 0 Å². The zero-order valence-corrected chi connectivity index (χ0v) is 7.75. The molecule has 1 amide bonds. The van der Waals surface area contributed by atoms with Crippen molar-refractivity contribution in [3.8, 4) is 0 Å². The van der Waals surface area contributed by atoms with E-state index in [2.05, 4.69) is 4.90 Å². The van der Waals surface area contributed by atoms with E-state index in [4.69, 9.17) is 5.73 Å². The minimum absolute atomic E-state index is 0.0229. The van der Waals surface area contributed by atoms with Crippen LogP contribution in [0.1, 0.15) is 32.6 Å². The SMILES string of the molecule is CC[C@@H](C(N)=O)N1CCCCC1. The molecule has 1 aliphatic rings. The highest BCUT2D eigenvalue weighted by atomic mass is 16.1. The summed E-state index contributed by atoms with van der Waals surface area (Å²) in [5.41, 5.74) is 5.30. The molecular weight excluding hydrogens is 152 g/mol. The third kappa shape index (κ3) is 2.21. The molecule has 1 saturated heterocycles. The van der Waals surface area contributed by atoms with Gasteiger partial charge in [0.2, 0.25) is 5.91 Å². The second-order valence-electron chi connectivity index (χ2n) is 3.42. The standard InChI is InChI=1S/C9H18N2O/c1-2-8(9(10)12)11-6-4-3-5-7-11/h8H,2-7H2,1H3,(H2,10,12)/t8-/m0/s1. The van der Waals surface area contributed by atoms with Crippen molar-refractivity contribution in [2.45, 2.75) is 38.6 Å². The lowest BCUT2D eigenvalue weighted by Gasteiger charge is -2.31. The van der Waals surface area contributed by atoms with E-state index in [-0.39, 0.29) is 11.9 Å². The van der Waals surface area contributed by atoms with Crippen LogP contribution in [0.25, 0.3) is 0 Å². The van der Waals surface area contributed by atoms with Crippen LogP contribution >= 0.6 is 0 Å². The minimum Gasteiger partial charge on any atom is -0.368 e. The maximum atomic E-state index is 11.0. The fourth-order valence-corrected chi connectivity index (χ4v) is 1.87. The summed E-state index contributed by atoms with van der Waals surface area (Å²) in [6.07, 6.45) is 4.56. The molecule has 2 N–H and O–H groups in total. The second kappa shape index (κ2) is 4.45. The summed E-state index contributed by atoms with van der Waals surface area (Å²) in [4.78, 5) is 13.2. The fraction of sp³-hybridized carbons (Fsp3) is 0.889. The molecule has 0 aromatic heterocycles. The monoisotopic (exact) mass is 170 g/mol. The van der Waals surface area contributed by atoms with Crippen LogP contribution in [-0.4, -0.2) is 29.9 Å². The highest BCUT2D eigenvalue weighted by Crippen LogP contribution is 2.13. The lowest BCUT2D eigenvalue weighted by atomic mass is 10.1. The molecule has 3 nitrogen and oxygen atoms in total. The first kappa shape index (κ1) is 9.52. The van der Waals surface area contributed by atoms with Crippen molar-refractivity contribution in [3.05, 3.63) is 0 Å². The number of hydrogen-bond donors (Lipinski definition) is 1. The van der Waals surface area contributed by atoms with E-state index in [0.29, 0.717) is 0 Å². The van der Waals surface area contributed by atoms with E-state index < -0.39 is 0 Å². The number of nitrogens with two attached hydrogens (primary N) is 1. The quantitative estimate of drug-likeness (QED) is 0.679. The summed E-state index contributed by atoms with van der Waals surface area (Å²) in [7, 11) is 0. The van der Waals surface area contributed by atoms with Gasteiger partial charge in [0.1, 0.15) is 0 Å². The van der Waals surface area contributed by atoms with Crippen LogP contribution in [0.2, 0.25) is 0 Å². The average Bonchev–Trinajstić information content (AvgIpc) is 2.07. The van der Waals surface area contributed by atoms with Crippen LogP contribution in [0.15, 0.2) is 0 Å². The summed E-state index contributed by atoms with van der Waals surface area (Å²) in [6.45, 7) is 4.10. The number of nitrogens with zero attached hydrogens (tertiary/aromatic N) is 1. The first-order valence-electron chi connectivity index (χ1n) is 4.79.